The van der Waals surface area contributed by atoms with Crippen LogP contribution >= 0.6 is 0 Å². The molecule has 0 N–H and O–H groups in total. The van der Waals surface area contributed by atoms with E-state index in [1.165, 1.54) is 81.8 Å². The molecule has 3 nitrogen and oxygen atoms in total. The Hall–Kier alpha value is -2.55. The molecule has 0 spiro atoms. The van der Waals surface area contributed by atoms with Crippen LogP contribution in [-0.2, 0) is 12.8 Å². The zero-order chi connectivity index (χ0) is 23.1. The molecule has 0 aliphatic heterocycles. The van der Waals surface area contributed by atoms with E-state index >= 15 is 0 Å². The zero-order valence-corrected chi connectivity index (χ0v) is 20.7. The van der Waals surface area contributed by atoms with Gasteiger partial charge in [0.15, 0.2) is 5.82 Å². The number of aryl methyl sites for hydroxylation is 2. The van der Waals surface area contributed by atoms with Crippen LogP contribution in [0.2, 0.25) is 0 Å². The van der Waals surface area contributed by atoms with Crippen LogP contribution in [0.4, 0.5) is 0 Å². The van der Waals surface area contributed by atoms with E-state index in [2.05, 4.69) is 60.2 Å². The van der Waals surface area contributed by atoms with Crippen molar-refractivity contribution >= 4 is 0 Å². The van der Waals surface area contributed by atoms with E-state index in [1.54, 1.807) is 0 Å². The Morgan fingerprint density at radius 3 is 1.76 bits per heavy atom. The number of pyridine rings is 1. The first-order valence-corrected chi connectivity index (χ1v) is 13.2. The predicted octanol–water partition coefficient (Wildman–Crippen LogP) is 8.62. The van der Waals surface area contributed by atoms with Crippen LogP contribution in [0.25, 0.3) is 22.6 Å². The van der Waals surface area contributed by atoms with Crippen molar-refractivity contribution in [1.82, 2.24) is 15.0 Å². The van der Waals surface area contributed by atoms with Gasteiger partial charge in [-0.25, -0.2) is 9.97 Å². The van der Waals surface area contributed by atoms with E-state index in [0.717, 1.165) is 35.5 Å². The molecular formula is C30H41N3. The van der Waals surface area contributed by atoms with Crippen molar-refractivity contribution in [2.45, 2.75) is 97.3 Å². The van der Waals surface area contributed by atoms with E-state index in [0.29, 0.717) is 0 Å². The Labute approximate surface area is 201 Å². The second-order valence-corrected chi connectivity index (χ2v) is 9.23. The largest absolute Gasteiger partial charge is 0.256 e. The van der Waals surface area contributed by atoms with E-state index in [4.69, 9.17) is 4.98 Å². The highest BCUT2D eigenvalue weighted by Crippen LogP contribution is 2.24. The lowest BCUT2D eigenvalue weighted by atomic mass is 10.0. The molecule has 1 aromatic carbocycles. The summed E-state index contributed by atoms with van der Waals surface area (Å²) in [5.41, 5.74) is 5.72. The quantitative estimate of drug-likeness (QED) is 0.221. The van der Waals surface area contributed by atoms with Crippen LogP contribution in [0.1, 0.15) is 95.6 Å². The van der Waals surface area contributed by atoms with E-state index in [9.17, 15) is 0 Å². The number of aromatic nitrogens is 3. The third-order valence-electron chi connectivity index (χ3n) is 6.33. The molecule has 3 rings (SSSR count). The zero-order valence-electron chi connectivity index (χ0n) is 20.7. The average Bonchev–Trinajstić information content (AvgIpc) is 2.87. The topological polar surface area (TPSA) is 38.7 Å². The number of benzene rings is 1. The van der Waals surface area contributed by atoms with Gasteiger partial charge in [-0.3, -0.25) is 4.98 Å². The molecule has 3 aromatic rings. The van der Waals surface area contributed by atoms with Gasteiger partial charge in [0.05, 0.1) is 5.69 Å². The van der Waals surface area contributed by atoms with Gasteiger partial charge < -0.3 is 0 Å². The van der Waals surface area contributed by atoms with Gasteiger partial charge in [0, 0.05) is 29.7 Å². The minimum absolute atomic E-state index is 0.784. The number of hydrogen-bond acceptors (Lipinski definition) is 3. The molecule has 176 valence electrons. The first-order valence-electron chi connectivity index (χ1n) is 13.2. The fourth-order valence-corrected chi connectivity index (χ4v) is 4.24. The summed E-state index contributed by atoms with van der Waals surface area (Å²) in [6.07, 6.45) is 22.7. The molecule has 0 atom stereocenters. The summed E-state index contributed by atoms with van der Waals surface area (Å²) < 4.78 is 0. The number of hydrogen-bond donors (Lipinski definition) is 0. The molecule has 0 aliphatic rings. The third-order valence-corrected chi connectivity index (χ3v) is 6.33. The summed E-state index contributed by atoms with van der Waals surface area (Å²) >= 11 is 0. The van der Waals surface area contributed by atoms with E-state index in [1.807, 2.05) is 18.6 Å². The van der Waals surface area contributed by atoms with Gasteiger partial charge in [-0.15, -0.1) is 0 Å². The van der Waals surface area contributed by atoms with Crippen LogP contribution < -0.4 is 0 Å². The Morgan fingerprint density at radius 1 is 0.545 bits per heavy atom. The van der Waals surface area contributed by atoms with Crippen molar-refractivity contribution in [3.8, 4) is 22.6 Å². The Bertz CT molecular complexity index is 916. The van der Waals surface area contributed by atoms with Crippen LogP contribution in [0.5, 0.6) is 0 Å². The summed E-state index contributed by atoms with van der Waals surface area (Å²) in [6.45, 7) is 4.52. The number of unbranched alkanes of at least 4 members (excludes halogenated alkanes) is 9. The lowest BCUT2D eigenvalue weighted by molar-refractivity contribution is 0.607. The first kappa shape index (κ1) is 25.1. The minimum Gasteiger partial charge on any atom is -0.256 e. The van der Waals surface area contributed by atoms with Crippen molar-refractivity contribution in [2.75, 3.05) is 0 Å². The molecule has 33 heavy (non-hydrogen) atoms. The standard InChI is InChI=1S/C30H41N3/c1-3-5-7-9-11-13-16-26-23-32-30(33-24-26)28-18-14-17-27(21-28)29-20-19-25(22-31-29)15-12-10-8-6-4-2/h14,17-24H,3-13,15-16H2,1-2H3. The van der Waals surface area contributed by atoms with Crippen molar-refractivity contribution in [1.29, 1.82) is 0 Å². The van der Waals surface area contributed by atoms with Gasteiger partial charge in [-0.2, -0.15) is 0 Å². The maximum absolute atomic E-state index is 4.73. The molecule has 0 saturated heterocycles. The minimum atomic E-state index is 0.784. The average molecular weight is 444 g/mol. The normalized spacial score (nSPS) is 11.1. The molecular weight excluding hydrogens is 402 g/mol. The molecule has 0 saturated carbocycles. The molecule has 2 heterocycles. The third kappa shape index (κ3) is 8.72. The molecule has 0 amide bonds. The summed E-state index contributed by atoms with van der Waals surface area (Å²) in [5.74, 6) is 0.784. The molecule has 0 aliphatic carbocycles. The van der Waals surface area contributed by atoms with Crippen molar-refractivity contribution in [2.24, 2.45) is 0 Å². The van der Waals surface area contributed by atoms with Gasteiger partial charge >= 0.3 is 0 Å². The van der Waals surface area contributed by atoms with Gasteiger partial charge in [0.2, 0.25) is 0 Å². The highest BCUT2D eigenvalue weighted by atomic mass is 14.9. The monoisotopic (exact) mass is 443 g/mol. The first-order chi connectivity index (χ1) is 16.3. The van der Waals surface area contributed by atoms with E-state index < -0.39 is 0 Å². The molecule has 0 unspecified atom stereocenters. The summed E-state index contributed by atoms with van der Waals surface area (Å²) in [6, 6.07) is 12.8. The maximum atomic E-state index is 4.73. The van der Waals surface area contributed by atoms with Crippen LogP contribution in [-0.4, -0.2) is 15.0 Å². The maximum Gasteiger partial charge on any atom is 0.159 e. The fraction of sp³-hybridized carbons (Fsp3) is 0.500. The van der Waals surface area contributed by atoms with Crippen molar-refractivity contribution in [3.63, 3.8) is 0 Å². The van der Waals surface area contributed by atoms with Crippen molar-refractivity contribution in [3.05, 3.63) is 66.1 Å². The molecule has 2 aromatic heterocycles. The smallest absolute Gasteiger partial charge is 0.159 e. The van der Waals surface area contributed by atoms with Gasteiger partial charge in [-0.1, -0.05) is 95.9 Å². The lowest BCUT2D eigenvalue weighted by Gasteiger charge is -2.07. The number of nitrogens with zero attached hydrogens (tertiary/aromatic N) is 3. The molecule has 0 radical (unpaired) electrons. The SMILES string of the molecule is CCCCCCCCc1cnc(-c2cccc(-c3ccc(CCCCCCC)cn3)c2)nc1. The molecule has 3 heteroatoms. The van der Waals surface area contributed by atoms with Crippen LogP contribution in [0.15, 0.2) is 55.0 Å². The summed E-state index contributed by atoms with van der Waals surface area (Å²) in [5, 5.41) is 0. The highest BCUT2D eigenvalue weighted by molar-refractivity contribution is 5.67. The van der Waals surface area contributed by atoms with Crippen LogP contribution in [0, 0.1) is 0 Å². The predicted molar refractivity (Wildman–Crippen MR) is 140 cm³/mol. The van der Waals surface area contributed by atoms with Gasteiger partial charge in [0.1, 0.15) is 0 Å². The Kier molecular flexibility index (Phi) is 11.1. The Balaban J connectivity index is 1.53. The number of rotatable bonds is 15. The van der Waals surface area contributed by atoms with Crippen molar-refractivity contribution < 1.29 is 0 Å². The van der Waals surface area contributed by atoms with Crippen LogP contribution in [0.3, 0.4) is 0 Å². The molecule has 0 fully saturated rings. The Morgan fingerprint density at radius 2 is 1.12 bits per heavy atom. The fourth-order valence-electron chi connectivity index (χ4n) is 4.24. The second-order valence-electron chi connectivity index (χ2n) is 9.23. The van der Waals surface area contributed by atoms with Gasteiger partial charge in [0.25, 0.3) is 0 Å². The molecule has 0 bridgehead atoms. The highest BCUT2D eigenvalue weighted by Gasteiger charge is 2.06. The second kappa shape index (κ2) is 14.6. The van der Waals surface area contributed by atoms with E-state index in [-0.39, 0.29) is 0 Å². The summed E-state index contributed by atoms with van der Waals surface area (Å²) in [4.78, 5) is 14.0. The lowest BCUT2D eigenvalue weighted by Crippen LogP contribution is -1.94. The summed E-state index contributed by atoms with van der Waals surface area (Å²) in [7, 11) is 0. The van der Waals surface area contributed by atoms with Gasteiger partial charge in [-0.05, 0) is 48.9 Å².